The van der Waals surface area contributed by atoms with Crippen LogP contribution in [0.1, 0.15) is 28.6 Å². The molecule has 146 valence electrons. The SMILES string of the molecule is CCc1ccc(C(=O)N(C)Cc2ccco2)cc1S(=O)(=O)N1CCOCC1. The molecule has 0 spiro atoms. The van der Waals surface area contributed by atoms with Crippen molar-refractivity contribution in [3.63, 3.8) is 0 Å². The second-order valence-electron chi connectivity index (χ2n) is 6.43. The zero-order valence-electron chi connectivity index (χ0n) is 15.6. The first kappa shape index (κ1) is 19.6. The minimum absolute atomic E-state index is 0.198. The number of hydrogen-bond donors (Lipinski definition) is 0. The zero-order chi connectivity index (χ0) is 19.4. The molecule has 2 aromatic rings. The summed E-state index contributed by atoms with van der Waals surface area (Å²) in [5.41, 5.74) is 1.04. The van der Waals surface area contributed by atoms with E-state index in [0.717, 1.165) is 0 Å². The first-order valence-corrected chi connectivity index (χ1v) is 10.4. The normalized spacial score (nSPS) is 15.6. The van der Waals surface area contributed by atoms with Gasteiger partial charge in [0.1, 0.15) is 5.76 Å². The van der Waals surface area contributed by atoms with E-state index in [1.54, 1.807) is 37.6 Å². The predicted molar refractivity (Wildman–Crippen MR) is 99.9 cm³/mol. The molecular formula is C19H24N2O5S. The third-order valence-corrected chi connectivity index (χ3v) is 6.58. The Morgan fingerprint density at radius 3 is 2.59 bits per heavy atom. The van der Waals surface area contributed by atoms with Crippen molar-refractivity contribution in [2.45, 2.75) is 24.8 Å². The van der Waals surface area contributed by atoms with Crippen molar-refractivity contribution in [2.75, 3.05) is 33.4 Å². The summed E-state index contributed by atoms with van der Waals surface area (Å²) >= 11 is 0. The van der Waals surface area contributed by atoms with Crippen molar-refractivity contribution < 1.29 is 22.4 Å². The van der Waals surface area contributed by atoms with Gasteiger partial charge in [-0.1, -0.05) is 13.0 Å². The summed E-state index contributed by atoms with van der Waals surface area (Å²) in [5.74, 6) is 0.407. The number of sulfonamides is 1. The van der Waals surface area contributed by atoms with Gasteiger partial charge in [0.25, 0.3) is 5.91 Å². The van der Waals surface area contributed by atoms with Crippen LogP contribution in [0.25, 0.3) is 0 Å². The monoisotopic (exact) mass is 392 g/mol. The Hall–Kier alpha value is -2.16. The molecular weight excluding hydrogens is 368 g/mol. The van der Waals surface area contributed by atoms with Gasteiger partial charge in [0, 0.05) is 25.7 Å². The van der Waals surface area contributed by atoms with Gasteiger partial charge >= 0.3 is 0 Å². The molecule has 8 heteroatoms. The maximum absolute atomic E-state index is 13.1. The number of hydrogen-bond acceptors (Lipinski definition) is 5. The van der Waals surface area contributed by atoms with Gasteiger partial charge in [0.2, 0.25) is 10.0 Å². The van der Waals surface area contributed by atoms with Gasteiger partial charge in [0.15, 0.2) is 0 Å². The van der Waals surface area contributed by atoms with Crippen molar-refractivity contribution in [3.05, 3.63) is 53.5 Å². The van der Waals surface area contributed by atoms with Crippen molar-refractivity contribution in [1.82, 2.24) is 9.21 Å². The number of nitrogens with zero attached hydrogens (tertiary/aromatic N) is 2. The summed E-state index contributed by atoms with van der Waals surface area (Å²) in [6.45, 7) is 3.62. The number of amides is 1. The third-order valence-electron chi connectivity index (χ3n) is 4.60. The van der Waals surface area contributed by atoms with E-state index in [2.05, 4.69) is 0 Å². The highest BCUT2D eigenvalue weighted by Gasteiger charge is 2.29. The van der Waals surface area contributed by atoms with Gasteiger partial charge in [-0.15, -0.1) is 0 Å². The standard InChI is InChI=1S/C19H24N2O5S/c1-3-15-6-7-16(19(22)20(2)14-17-5-4-10-26-17)13-18(15)27(23,24)21-8-11-25-12-9-21/h4-7,10,13H,3,8-9,11-12,14H2,1-2H3. The lowest BCUT2D eigenvalue weighted by Gasteiger charge is -2.27. The van der Waals surface area contributed by atoms with Gasteiger partial charge in [-0.2, -0.15) is 4.31 Å². The van der Waals surface area contributed by atoms with E-state index in [0.29, 0.717) is 56.2 Å². The molecule has 2 heterocycles. The van der Waals surface area contributed by atoms with Crippen LogP contribution in [0.3, 0.4) is 0 Å². The number of aryl methyl sites for hydroxylation is 1. The topological polar surface area (TPSA) is 80.1 Å². The molecule has 1 aliphatic rings. The van der Waals surface area contributed by atoms with Crippen LogP contribution in [0.5, 0.6) is 0 Å². The molecule has 0 unspecified atom stereocenters. The number of ether oxygens (including phenoxy) is 1. The Morgan fingerprint density at radius 1 is 1.22 bits per heavy atom. The summed E-state index contributed by atoms with van der Waals surface area (Å²) in [6.07, 6.45) is 2.12. The number of rotatable bonds is 6. The first-order chi connectivity index (χ1) is 12.9. The van der Waals surface area contributed by atoms with Crippen LogP contribution in [0.2, 0.25) is 0 Å². The van der Waals surface area contributed by atoms with Crippen LogP contribution in [-0.4, -0.2) is 56.9 Å². The van der Waals surface area contributed by atoms with E-state index in [-0.39, 0.29) is 10.8 Å². The lowest BCUT2D eigenvalue weighted by molar-refractivity contribution is 0.0729. The minimum Gasteiger partial charge on any atom is -0.467 e. The average molecular weight is 392 g/mol. The van der Waals surface area contributed by atoms with Gasteiger partial charge < -0.3 is 14.1 Å². The summed E-state index contributed by atoms with van der Waals surface area (Å²) in [7, 11) is -2.01. The Labute approximate surface area is 159 Å². The van der Waals surface area contributed by atoms with E-state index in [1.165, 1.54) is 15.3 Å². The Kier molecular flexibility index (Phi) is 5.98. The minimum atomic E-state index is -3.67. The highest BCUT2D eigenvalue weighted by Crippen LogP contribution is 2.24. The van der Waals surface area contributed by atoms with Crippen LogP contribution in [0, 0.1) is 0 Å². The summed E-state index contributed by atoms with van der Waals surface area (Å²) in [5, 5.41) is 0. The fourth-order valence-electron chi connectivity index (χ4n) is 3.07. The number of carbonyl (C=O) groups is 1. The molecule has 1 aliphatic heterocycles. The van der Waals surface area contributed by atoms with Crippen LogP contribution in [0.15, 0.2) is 45.9 Å². The maximum atomic E-state index is 13.1. The molecule has 1 saturated heterocycles. The van der Waals surface area contributed by atoms with Crippen molar-refractivity contribution in [1.29, 1.82) is 0 Å². The summed E-state index contributed by atoms with van der Waals surface area (Å²) < 4.78 is 38.1. The highest BCUT2D eigenvalue weighted by molar-refractivity contribution is 7.89. The van der Waals surface area contributed by atoms with Gasteiger partial charge in [-0.3, -0.25) is 4.79 Å². The molecule has 0 bridgehead atoms. The largest absolute Gasteiger partial charge is 0.467 e. The smallest absolute Gasteiger partial charge is 0.254 e. The van der Waals surface area contributed by atoms with Crippen LogP contribution >= 0.6 is 0 Å². The number of morpholine rings is 1. The Morgan fingerprint density at radius 2 is 1.96 bits per heavy atom. The lowest BCUT2D eigenvalue weighted by atomic mass is 10.1. The van der Waals surface area contributed by atoms with E-state index in [1.807, 2.05) is 6.92 Å². The van der Waals surface area contributed by atoms with E-state index in [9.17, 15) is 13.2 Å². The molecule has 1 amide bonds. The van der Waals surface area contributed by atoms with Crippen molar-refractivity contribution >= 4 is 15.9 Å². The summed E-state index contributed by atoms with van der Waals surface area (Å²) in [4.78, 5) is 14.5. The number of carbonyl (C=O) groups excluding carboxylic acids is 1. The van der Waals surface area contributed by atoms with Gasteiger partial charge in [-0.25, -0.2) is 8.42 Å². The Balaban J connectivity index is 1.89. The lowest BCUT2D eigenvalue weighted by Crippen LogP contribution is -2.41. The fourth-order valence-corrected chi connectivity index (χ4v) is 4.80. The molecule has 1 aromatic heterocycles. The van der Waals surface area contributed by atoms with Crippen LogP contribution < -0.4 is 0 Å². The van der Waals surface area contributed by atoms with Crippen molar-refractivity contribution in [2.24, 2.45) is 0 Å². The molecule has 27 heavy (non-hydrogen) atoms. The molecule has 0 radical (unpaired) electrons. The van der Waals surface area contributed by atoms with Gasteiger partial charge in [0.05, 0.1) is 30.9 Å². The summed E-state index contributed by atoms with van der Waals surface area (Å²) in [6, 6.07) is 8.44. The quantitative estimate of drug-likeness (QED) is 0.752. The molecule has 1 fully saturated rings. The maximum Gasteiger partial charge on any atom is 0.254 e. The third kappa shape index (κ3) is 4.23. The zero-order valence-corrected chi connectivity index (χ0v) is 16.4. The molecule has 0 aliphatic carbocycles. The van der Waals surface area contributed by atoms with Crippen LogP contribution in [-0.2, 0) is 27.7 Å². The molecule has 7 nitrogen and oxygen atoms in total. The predicted octanol–water partition coefficient (Wildman–Crippen LogP) is 2.14. The molecule has 0 saturated carbocycles. The van der Waals surface area contributed by atoms with E-state index < -0.39 is 10.0 Å². The molecule has 0 atom stereocenters. The second kappa shape index (κ2) is 8.24. The molecule has 3 rings (SSSR count). The van der Waals surface area contributed by atoms with Crippen molar-refractivity contribution in [3.8, 4) is 0 Å². The highest BCUT2D eigenvalue weighted by atomic mass is 32.2. The van der Waals surface area contributed by atoms with E-state index in [4.69, 9.17) is 9.15 Å². The first-order valence-electron chi connectivity index (χ1n) is 8.92. The van der Waals surface area contributed by atoms with Gasteiger partial charge in [-0.05, 0) is 36.2 Å². The fraction of sp³-hybridized carbons (Fsp3) is 0.421. The Bertz CT molecular complexity index is 887. The number of furan rings is 1. The molecule has 1 aromatic carbocycles. The number of benzene rings is 1. The van der Waals surface area contributed by atoms with Crippen LogP contribution in [0.4, 0.5) is 0 Å². The second-order valence-corrected chi connectivity index (χ2v) is 8.34. The molecule has 0 N–H and O–H groups in total. The average Bonchev–Trinajstić information content (AvgIpc) is 3.20. The van der Waals surface area contributed by atoms with E-state index >= 15 is 0 Å².